The van der Waals surface area contributed by atoms with Crippen LogP contribution in [0, 0.1) is 0 Å². The zero-order chi connectivity index (χ0) is 13.9. The average Bonchev–Trinajstić information content (AvgIpc) is 2.47. The lowest BCUT2D eigenvalue weighted by atomic mass is 10.0. The predicted octanol–water partition coefficient (Wildman–Crippen LogP) is 1.45. The van der Waals surface area contributed by atoms with E-state index in [2.05, 4.69) is 17.1 Å². The summed E-state index contributed by atoms with van der Waals surface area (Å²) in [6, 6.07) is 7.70. The van der Waals surface area contributed by atoms with Gasteiger partial charge >= 0.3 is 0 Å². The molecular formula is C14H22N2O2S. The van der Waals surface area contributed by atoms with Gasteiger partial charge in [0.1, 0.15) is 0 Å². The van der Waals surface area contributed by atoms with Crippen molar-refractivity contribution >= 4 is 9.84 Å². The van der Waals surface area contributed by atoms with E-state index in [1.165, 1.54) is 5.56 Å². The Balaban J connectivity index is 2.22. The quantitative estimate of drug-likeness (QED) is 0.908. The highest BCUT2D eigenvalue weighted by Crippen LogP contribution is 2.23. The van der Waals surface area contributed by atoms with Crippen molar-refractivity contribution in [3.63, 3.8) is 0 Å². The SMILES string of the molecule is CCN1CCNCC1c1ccc(S(=O)(=O)CC)cc1. The number of hydrogen-bond donors (Lipinski definition) is 1. The van der Waals surface area contributed by atoms with Gasteiger partial charge in [0.2, 0.25) is 0 Å². The molecule has 1 aliphatic heterocycles. The van der Waals surface area contributed by atoms with Gasteiger partial charge in [-0.15, -0.1) is 0 Å². The van der Waals surface area contributed by atoms with Crippen molar-refractivity contribution in [3.05, 3.63) is 29.8 Å². The second-order valence-corrected chi connectivity index (χ2v) is 7.10. The summed E-state index contributed by atoms with van der Waals surface area (Å²) in [4.78, 5) is 2.84. The second-order valence-electron chi connectivity index (χ2n) is 4.82. The molecule has 0 aromatic heterocycles. The van der Waals surface area contributed by atoms with E-state index in [1.807, 2.05) is 12.1 Å². The van der Waals surface area contributed by atoms with E-state index >= 15 is 0 Å². The van der Waals surface area contributed by atoms with Crippen molar-refractivity contribution in [2.24, 2.45) is 0 Å². The third-order valence-electron chi connectivity index (χ3n) is 3.76. The lowest BCUT2D eigenvalue weighted by Gasteiger charge is -2.35. The summed E-state index contributed by atoms with van der Waals surface area (Å²) in [7, 11) is -3.09. The lowest BCUT2D eigenvalue weighted by molar-refractivity contribution is 0.171. The van der Waals surface area contributed by atoms with Gasteiger partial charge in [0.05, 0.1) is 10.6 Å². The minimum atomic E-state index is -3.09. The molecule has 1 aromatic carbocycles. The molecule has 1 unspecified atom stereocenters. The van der Waals surface area contributed by atoms with Crippen molar-refractivity contribution in [2.45, 2.75) is 24.8 Å². The minimum Gasteiger partial charge on any atom is -0.314 e. The maximum absolute atomic E-state index is 11.8. The zero-order valence-corrected chi connectivity index (χ0v) is 12.4. The molecule has 0 radical (unpaired) electrons. The largest absolute Gasteiger partial charge is 0.314 e. The van der Waals surface area contributed by atoms with E-state index < -0.39 is 9.84 Å². The number of sulfone groups is 1. The summed E-state index contributed by atoms with van der Waals surface area (Å²) in [5.74, 6) is 0.151. The fourth-order valence-electron chi connectivity index (χ4n) is 2.52. The molecule has 1 fully saturated rings. The molecule has 4 nitrogen and oxygen atoms in total. The molecular weight excluding hydrogens is 260 g/mol. The van der Waals surface area contributed by atoms with E-state index in [1.54, 1.807) is 19.1 Å². The molecule has 1 aromatic rings. The molecule has 2 rings (SSSR count). The van der Waals surface area contributed by atoms with Crippen LogP contribution in [-0.2, 0) is 9.84 Å². The van der Waals surface area contributed by atoms with Gasteiger partial charge in [-0.1, -0.05) is 26.0 Å². The maximum atomic E-state index is 11.8. The Morgan fingerprint density at radius 1 is 1.26 bits per heavy atom. The smallest absolute Gasteiger partial charge is 0.178 e. The fourth-order valence-corrected chi connectivity index (χ4v) is 3.40. The highest BCUT2D eigenvalue weighted by molar-refractivity contribution is 7.91. The topological polar surface area (TPSA) is 49.4 Å². The number of piperazine rings is 1. The number of nitrogens with zero attached hydrogens (tertiary/aromatic N) is 1. The van der Waals surface area contributed by atoms with Crippen molar-refractivity contribution in [1.29, 1.82) is 0 Å². The fraction of sp³-hybridized carbons (Fsp3) is 0.571. The van der Waals surface area contributed by atoms with Gasteiger partial charge in [-0.25, -0.2) is 8.42 Å². The Morgan fingerprint density at radius 2 is 1.95 bits per heavy atom. The van der Waals surface area contributed by atoms with Crippen LogP contribution in [-0.4, -0.2) is 45.2 Å². The molecule has 19 heavy (non-hydrogen) atoms. The number of nitrogens with one attached hydrogen (secondary N) is 1. The first-order valence-electron chi connectivity index (χ1n) is 6.86. The first kappa shape index (κ1) is 14.5. The highest BCUT2D eigenvalue weighted by atomic mass is 32.2. The Kier molecular flexibility index (Phi) is 4.60. The Bertz CT molecular complexity index is 511. The van der Waals surface area contributed by atoms with Crippen LogP contribution in [0.25, 0.3) is 0 Å². The summed E-state index contributed by atoms with van der Waals surface area (Å²) >= 11 is 0. The van der Waals surface area contributed by atoms with Gasteiger partial charge in [-0.05, 0) is 24.2 Å². The van der Waals surface area contributed by atoms with Crippen LogP contribution in [0.3, 0.4) is 0 Å². The zero-order valence-electron chi connectivity index (χ0n) is 11.6. The number of likely N-dealkylation sites (N-methyl/N-ethyl adjacent to an activating group) is 1. The molecule has 1 saturated heterocycles. The van der Waals surface area contributed by atoms with Crippen LogP contribution in [0.15, 0.2) is 29.2 Å². The maximum Gasteiger partial charge on any atom is 0.178 e. The predicted molar refractivity (Wildman–Crippen MR) is 77.0 cm³/mol. The normalized spacial score (nSPS) is 21.5. The number of benzene rings is 1. The van der Waals surface area contributed by atoms with Crippen LogP contribution in [0.5, 0.6) is 0 Å². The van der Waals surface area contributed by atoms with Crippen LogP contribution >= 0.6 is 0 Å². The van der Waals surface area contributed by atoms with Gasteiger partial charge in [0, 0.05) is 25.7 Å². The lowest BCUT2D eigenvalue weighted by Crippen LogP contribution is -2.45. The summed E-state index contributed by atoms with van der Waals surface area (Å²) in [6.07, 6.45) is 0. The van der Waals surface area contributed by atoms with Gasteiger partial charge in [-0.3, -0.25) is 4.90 Å². The molecule has 0 amide bonds. The van der Waals surface area contributed by atoms with E-state index in [0.717, 1.165) is 26.2 Å². The molecule has 5 heteroatoms. The van der Waals surface area contributed by atoms with Gasteiger partial charge in [-0.2, -0.15) is 0 Å². The summed E-state index contributed by atoms with van der Waals surface area (Å²) in [6.45, 7) is 7.83. The average molecular weight is 282 g/mol. The molecule has 106 valence electrons. The van der Waals surface area contributed by atoms with Crippen molar-refractivity contribution in [1.82, 2.24) is 10.2 Å². The summed E-state index contributed by atoms with van der Waals surface area (Å²) in [5.41, 5.74) is 1.18. The van der Waals surface area contributed by atoms with E-state index in [4.69, 9.17) is 0 Å². The Labute approximate surface area is 115 Å². The van der Waals surface area contributed by atoms with Gasteiger partial charge in [0.15, 0.2) is 9.84 Å². The summed E-state index contributed by atoms with van der Waals surface area (Å²) < 4.78 is 23.6. The molecule has 1 atom stereocenters. The van der Waals surface area contributed by atoms with Crippen LogP contribution in [0.2, 0.25) is 0 Å². The van der Waals surface area contributed by atoms with Crippen LogP contribution < -0.4 is 5.32 Å². The number of hydrogen-bond acceptors (Lipinski definition) is 4. The van der Waals surface area contributed by atoms with Crippen LogP contribution in [0.4, 0.5) is 0 Å². The Hall–Kier alpha value is -0.910. The molecule has 1 N–H and O–H groups in total. The van der Waals surface area contributed by atoms with E-state index in [9.17, 15) is 8.42 Å². The van der Waals surface area contributed by atoms with E-state index in [-0.39, 0.29) is 5.75 Å². The minimum absolute atomic E-state index is 0.151. The van der Waals surface area contributed by atoms with E-state index in [0.29, 0.717) is 10.9 Å². The third kappa shape index (κ3) is 3.16. The van der Waals surface area contributed by atoms with Crippen LogP contribution in [0.1, 0.15) is 25.5 Å². The van der Waals surface area contributed by atoms with Gasteiger partial charge < -0.3 is 5.32 Å². The first-order valence-corrected chi connectivity index (χ1v) is 8.51. The molecule has 1 aliphatic rings. The monoisotopic (exact) mass is 282 g/mol. The first-order chi connectivity index (χ1) is 9.08. The third-order valence-corrected chi connectivity index (χ3v) is 5.51. The highest BCUT2D eigenvalue weighted by Gasteiger charge is 2.22. The summed E-state index contributed by atoms with van der Waals surface area (Å²) in [5, 5.41) is 3.39. The van der Waals surface area contributed by atoms with Gasteiger partial charge in [0.25, 0.3) is 0 Å². The molecule has 0 saturated carbocycles. The van der Waals surface area contributed by atoms with Crippen molar-refractivity contribution in [3.8, 4) is 0 Å². The molecule has 0 bridgehead atoms. The Morgan fingerprint density at radius 3 is 2.53 bits per heavy atom. The van der Waals surface area contributed by atoms with Crippen molar-refractivity contribution in [2.75, 3.05) is 31.9 Å². The van der Waals surface area contributed by atoms with Crippen molar-refractivity contribution < 1.29 is 8.42 Å². The molecule has 1 heterocycles. The number of rotatable bonds is 4. The second kappa shape index (κ2) is 6.03. The standard InChI is InChI=1S/C14H22N2O2S/c1-3-16-10-9-15-11-14(16)12-5-7-13(8-6-12)19(17,18)4-2/h5-8,14-15H,3-4,9-11H2,1-2H3. The molecule has 0 aliphatic carbocycles. The molecule has 0 spiro atoms.